The van der Waals surface area contributed by atoms with Gasteiger partial charge in [0.2, 0.25) is 0 Å². The second-order valence-electron chi connectivity index (χ2n) is 6.04. The number of aromatic nitrogens is 3. The number of hydrogen-bond acceptors (Lipinski definition) is 3. The second-order valence-corrected chi connectivity index (χ2v) is 6.04. The molecule has 1 aliphatic heterocycles. The molecule has 4 heteroatoms. The molecule has 0 radical (unpaired) electrons. The van der Waals surface area contributed by atoms with E-state index in [1.165, 1.54) is 43.6 Å². The molecule has 0 aromatic carbocycles. The number of rotatable bonds is 4. The monoisotopic (exact) mass is 272 g/mol. The van der Waals surface area contributed by atoms with Crippen LogP contribution in [0.2, 0.25) is 0 Å². The highest BCUT2D eigenvalue weighted by Crippen LogP contribution is 2.22. The number of pyridine rings is 1. The Morgan fingerprint density at radius 3 is 3.05 bits per heavy atom. The average Bonchev–Trinajstić information content (AvgIpc) is 2.84. The summed E-state index contributed by atoms with van der Waals surface area (Å²) in [4.78, 5) is 8.98. The lowest BCUT2D eigenvalue weighted by molar-refractivity contribution is 0.378. The highest BCUT2D eigenvalue weighted by atomic mass is 15.1. The lowest BCUT2D eigenvalue weighted by atomic mass is 10.0. The van der Waals surface area contributed by atoms with Gasteiger partial charge in [0.15, 0.2) is 0 Å². The van der Waals surface area contributed by atoms with Crippen LogP contribution in [0.5, 0.6) is 0 Å². The zero-order valence-electron chi connectivity index (χ0n) is 12.5. The third kappa shape index (κ3) is 2.70. The number of fused-ring (bicyclic) bond motifs is 1. The van der Waals surface area contributed by atoms with Crippen LogP contribution in [0.25, 0.3) is 11.0 Å². The third-order valence-corrected chi connectivity index (χ3v) is 4.21. The molecule has 3 rings (SSSR count). The molecule has 1 aliphatic rings. The van der Waals surface area contributed by atoms with E-state index < -0.39 is 0 Å². The lowest BCUT2D eigenvalue weighted by Gasteiger charge is -2.23. The van der Waals surface area contributed by atoms with Gasteiger partial charge < -0.3 is 9.88 Å². The zero-order chi connectivity index (χ0) is 13.9. The van der Waals surface area contributed by atoms with Gasteiger partial charge in [-0.1, -0.05) is 6.42 Å². The number of aryl methyl sites for hydroxylation is 1. The molecule has 20 heavy (non-hydrogen) atoms. The first-order valence-electron chi connectivity index (χ1n) is 7.80. The number of nitrogens with zero attached hydrogens (tertiary/aromatic N) is 3. The second kappa shape index (κ2) is 5.92. The number of piperidine rings is 1. The molecule has 2 aromatic rings. The molecule has 1 saturated heterocycles. The summed E-state index contributed by atoms with van der Waals surface area (Å²) in [5.74, 6) is 1.20. The van der Waals surface area contributed by atoms with Crippen LogP contribution in [0.1, 0.15) is 51.4 Å². The van der Waals surface area contributed by atoms with Gasteiger partial charge in [0.05, 0.1) is 11.7 Å². The summed E-state index contributed by atoms with van der Waals surface area (Å²) in [6.45, 7) is 5.63. The van der Waals surface area contributed by atoms with E-state index in [1.54, 1.807) is 0 Å². The predicted molar refractivity (Wildman–Crippen MR) is 81.9 cm³/mol. The molecule has 0 saturated carbocycles. The summed E-state index contributed by atoms with van der Waals surface area (Å²) in [5.41, 5.74) is 2.23. The van der Waals surface area contributed by atoms with E-state index in [0.717, 1.165) is 11.9 Å². The minimum atomic E-state index is 0.441. The first kappa shape index (κ1) is 13.6. The van der Waals surface area contributed by atoms with Crippen LogP contribution in [-0.2, 0) is 6.42 Å². The largest absolute Gasteiger partial charge is 0.325 e. The van der Waals surface area contributed by atoms with E-state index in [4.69, 9.17) is 4.98 Å². The number of nitrogens with one attached hydrogen (secondary N) is 1. The Kier molecular flexibility index (Phi) is 4.01. The molecule has 0 aliphatic carbocycles. The normalized spacial score (nSPS) is 19.9. The van der Waals surface area contributed by atoms with E-state index in [1.807, 2.05) is 12.4 Å². The summed E-state index contributed by atoms with van der Waals surface area (Å²) in [5, 5.41) is 3.62. The minimum Gasteiger partial charge on any atom is -0.325 e. The maximum atomic E-state index is 4.79. The summed E-state index contributed by atoms with van der Waals surface area (Å²) < 4.78 is 2.36. The molecule has 0 bridgehead atoms. The molecule has 4 nitrogen and oxygen atoms in total. The Hall–Kier alpha value is -1.42. The summed E-state index contributed by atoms with van der Waals surface area (Å²) >= 11 is 0. The van der Waals surface area contributed by atoms with Crippen molar-refractivity contribution in [1.82, 2.24) is 19.9 Å². The summed E-state index contributed by atoms with van der Waals surface area (Å²) in [6.07, 6.45) is 9.96. The van der Waals surface area contributed by atoms with E-state index in [0.29, 0.717) is 12.1 Å². The Bertz CT molecular complexity index is 567. The van der Waals surface area contributed by atoms with Crippen molar-refractivity contribution in [1.29, 1.82) is 0 Å². The fraction of sp³-hybridized carbons (Fsp3) is 0.625. The predicted octanol–water partition coefficient (Wildman–Crippen LogP) is 3.09. The molecule has 1 fully saturated rings. The van der Waals surface area contributed by atoms with Crippen molar-refractivity contribution in [3.63, 3.8) is 0 Å². The fourth-order valence-electron chi connectivity index (χ4n) is 3.23. The minimum absolute atomic E-state index is 0.441. The van der Waals surface area contributed by atoms with Crippen molar-refractivity contribution in [2.45, 2.75) is 58.0 Å². The summed E-state index contributed by atoms with van der Waals surface area (Å²) in [7, 11) is 0. The molecule has 1 atom stereocenters. The van der Waals surface area contributed by atoms with E-state index in [9.17, 15) is 0 Å². The van der Waals surface area contributed by atoms with E-state index in [-0.39, 0.29) is 0 Å². The molecule has 108 valence electrons. The van der Waals surface area contributed by atoms with E-state index >= 15 is 0 Å². The quantitative estimate of drug-likeness (QED) is 0.930. The molecular formula is C16H24N4. The first-order valence-corrected chi connectivity index (χ1v) is 7.80. The number of hydrogen-bond donors (Lipinski definition) is 1. The van der Waals surface area contributed by atoms with Crippen molar-refractivity contribution in [2.75, 3.05) is 6.54 Å². The zero-order valence-corrected chi connectivity index (χ0v) is 12.5. The van der Waals surface area contributed by atoms with Gasteiger partial charge in [0, 0.05) is 24.7 Å². The first-order chi connectivity index (χ1) is 9.75. The Labute approximate surface area is 120 Å². The molecule has 2 aromatic heterocycles. The molecule has 0 spiro atoms. The smallest absolute Gasteiger partial charge is 0.110 e. The van der Waals surface area contributed by atoms with Gasteiger partial charge in [-0.15, -0.1) is 0 Å². The van der Waals surface area contributed by atoms with Crippen LogP contribution >= 0.6 is 0 Å². The molecule has 1 N–H and O–H groups in total. The lowest BCUT2D eigenvalue weighted by Crippen LogP contribution is -2.34. The van der Waals surface area contributed by atoms with Gasteiger partial charge in [-0.2, -0.15) is 0 Å². The third-order valence-electron chi connectivity index (χ3n) is 4.21. The van der Waals surface area contributed by atoms with Gasteiger partial charge in [0.1, 0.15) is 11.3 Å². The Balaban J connectivity index is 1.81. The van der Waals surface area contributed by atoms with Gasteiger partial charge in [-0.25, -0.2) is 4.98 Å². The van der Waals surface area contributed by atoms with Crippen LogP contribution < -0.4 is 5.32 Å². The maximum absolute atomic E-state index is 4.79. The fourth-order valence-corrected chi connectivity index (χ4v) is 3.23. The topological polar surface area (TPSA) is 42.7 Å². The van der Waals surface area contributed by atoms with Crippen molar-refractivity contribution < 1.29 is 0 Å². The highest BCUT2D eigenvalue weighted by molar-refractivity contribution is 5.74. The maximum Gasteiger partial charge on any atom is 0.110 e. The van der Waals surface area contributed by atoms with Gasteiger partial charge in [-0.05, 0) is 45.7 Å². The van der Waals surface area contributed by atoms with Crippen LogP contribution in [0.4, 0.5) is 0 Å². The van der Waals surface area contributed by atoms with Crippen LogP contribution in [0, 0.1) is 0 Å². The molecular weight excluding hydrogens is 248 g/mol. The summed E-state index contributed by atoms with van der Waals surface area (Å²) in [6, 6.07) is 3.18. The Morgan fingerprint density at radius 1 is 1.40 bits per heavy atom. The highest BCUT2D eigenvalue weighted by Gasteiger charge is 2.16. The van der Waals surface area contributed by atoms with Crippen molar-refractivity contribution in [2.24, 2.45) is 0 Å². The van der Waals surface area contributed by atoms with E-state index in [2.05, 4.69) is 34.8 Å². The Morgan fingerprint density at radius 2 is 2.30 bits per heavy atom. The molecule has 3 heterocycles. The van der Waals surface area contributed by atoms with Gasteiger partial charge in [-0.3, -0.25) is 4.98 Å². The SMILES string of the molecule is CC(C)n1c(CCC2CCCCN2)nc2cnccc21. The van der Waals surface area contributed by atoms with Gasteiger partial charge in [0.25, 0.3) is 0 Å². The molecule has 1 unspecified atom stereocenters. The van der Waals surface area contributed by atoms with Gasteiger partial charge >= 0.3 is 0 Å². The van der Waals surface area contributed by atoms with Crippen LogP contribution in [0.3, 0.4) is 0 Å². The number of imidazole rings is 1. The van der Waals surface area contributed by atoms with Crippen LogP contribution in [0.15, 0.2) is 18.5 Å². The molecule has 0 amide bonds. The standard InChI is InChI=1S/C16H24N4/c1-12(2)20-15-8-10-17-11-14(15)19-16(20)7-6-13-5-3-4-9-18-13/h8,10-13,18H,3-7,9H2,1-2H3. The van der Waals surface area contributed by atoms with Crippen molar-refractivity contribution in [3.05, 3.63) is 24.3 Å². The average molecular weight is 272 g/mol. The van der Waals surface area contributed by atoms with Crippen molar-refractivity contribution >= 4 is 11.0 Å². The van der Waals surface area contributed by atoms with Crippen molar-refractivity contribution in [3.8, 4) is 0 Å². The van der Waals surface area contributed by atoms with Crippen LogP contribution in [-0.4, -0.2) is 27.1 Å².